The largest absolute Gasteiger partial charge is 0.319 e. The molecule has 2 heterocycles. The number of rotatable bonds is 3. The van der Waals surface area contributed by atoms with E-state index in [-0.39, 0.29) is 17.0 Å². The van der Waals surface area contributed by atoms with E-state index in [1.807, 2.05) is 0 Å². The van der Waals surface area contributed by atoms with Crippen molar-refractivity contribution in [1.29, 1.82) is 0 Å². The van der Waals surface area contributed by atoms with Crippen LogP contribution in [0.5, 0.6) is 0 Å². The highest BCUT2D eigenvalue weighted by molar-refractivity contribution is 8.26. The number of thiocarbonyl (C=S) groups is 1. The topological polar surface area (TPSA) is 62.3 Å². The van der Waals surface area contributed by atoms with Crippen LogP contribution in [0, 0.1) is 0 Å². The number of aromatic nitrogens is 1. The zero-order chi connectivity index (χ0) is 18.0. The molecule has 25 heavy (non-hydrogen) atoms. The smallest absolute Gasteiger partial charge is 0.265 e. The highest BCUT2D eigenvalue weighted by Crippen LogP contribution is 2.31. The summed E-state index contributed by atoms with van der Waals surface area (Å²) < 4.78 is 0.528. The van der Waals surface area contributed by atoms with Crippen molar-refractivity contribution in [3.63, 3.8) is 0 Å². The molecular weight excluding hydrogens is 378 g/mol. The van der Waals surface area contributed by atoms with Crippen LogP contribution in [0.3, 0.4) is 0 Å². The molecule has 3 rings (SSSR count). The molecule has 0 aliphatic carbocycles. The van der Waals surface area contributed by atoms with Crippen LogP contribution >= 0.6 is 35.6 Å². The van der Waals surface area contributed by atoms with Crippen LogP contribution in [0.1, 0.15) is 15.9 Å². The highest BCUT2D eigenvalue weighted by atomic mass is 35.5. The zero-order valence-corrected chi connectivity index (χ0v) is 15.4. The lowest BCUT2D eigenvalue weighted by Gasteiger charge is -2.06. The number of hydrogen-bond acceptors (Lipinski definition) is 5. The minimum atomic E-state index is -0.290. The Balaban J connectivity index is 1.74. The summed E-state index contributed by atoms with van der Waals surface area (Å²) in [6.45, 7) is 0. The summed E-state index contributed by atoms with van der Waals surface area (Å²) in [7, 11) is 1.65. The molecule has 5 nitrogen and oxygen atoms in total. The van der Waals surface area contributed by atoms with Crippen LogP contribution < -0.4 is 5.32 Å². The highest BCUT2D eigenvalue weighted by Gasteiger charge is 2.28. The number of carbonyl (C=O) groups is 2. The standard InChI is InChI=1S/C17H12ClN3O2S2/c1-21-16(23)13(25-17(21)24)9-10-4-6-11(7-5-10)15(22)20-12-3-2-8-19-14(12)18/h2-9H,1H3,(H,20,22)/b13-9-. The molecule has 1 aromatic heterocycles. The summed E-state index contributed by atoms with van der Waals surface area (Å²) in [5, 5.41) is 2.94. The Hall–Kier alpha value is -2.22. The molecule has 126 valence electrons. The van der Waals surface area contributed by atoms with Gasteiger partial charge in [-0.05, 0) is 35.9 Å². The van der Waals surface area contributed by atoms with Gasteiger partial charge in [0.2, 0.25) is 0 Å². The van der Waals surface area contributed by atoms with Gasteiger partial charge < -0.3 is 5.32 Å². The Labute approximate surface area is 159 Å². The van der Waals surface area contributed by atoms with Crippen molar-refractivity contribution in [2.75, 3.05) is 12.4 Å². The van der Waals surface area contributed by atoms with E-state index in [1.54, 1.807) is 55.7 Å². The van der Waals surface area contributed by atoms with Gasteiger partial charge in [0, 0.05) is 18.8 Å². The van der Waals surface area contributed by atoms with Gasteiger partial charge in [0.1, 0.15) is 4.32 Å². The van der Waals surface area contributed by atoms with E-state index in [1.165, 1.54) is 16.7 Å². The molecule has 1 aromatic carbocycles. The predicted octanol–water partition coefficient (Wildman–Crippen LogP) is 3.82. The average Bonchev–Trinajstić information content (AvgIpc) is 2.84. The Morgan fingerprint density at radius 3 is 2.64 bits per heavy atom. The van der Waals surface area contributed by atoms with Gasteiger partial charge in [0.05, 0.1) is 10.6 Å². The first-order valence-corrected chi connectivity index (χ1v) is 8.79. The maximum absolute atomic E-state index is 12.3. The van der Waals surface area contributed by atoms with Crippen molar-refractivity contribution >= 4 is 63.5 Å². The van der Waals surface area contributed by atoms with Crippen LogP contribution in [0.2, 0.25) is 5.15 Å². The van der Waals surface area contributed by atoms with Gasteiger partial charge in [-0.15, -0.1) is 0 Å². The summed E-state index contributed by atoms with van der Waals surface area (Å²) >= 11 is 12.3. The van der Waals surface area contributed by atoms with E-state index < -0.39 is 0 Å². The number of nitrogens with one attached hydrogen (secondary N) is 1. The number of hydrogen-bond donors (Lipinski definition) is 1. The van der Waals surface area contributed by atoms with Crippen LogP contribution in [-0.2, 0) is 4.79 Å². The molecule has 1 aliphatic rings. The van der Waals surface area contributed by atoms with E-state index in [2.05, 4.69) is 10.3 Å². The minimum Gasteiger partial charge on any atom is -0.319 e. The van der Waals surface area contributed by atoms with Crippen molar-refractivity contribution in [2.45, 2.75) is 0 Å². The molecule has 0 unspecified atom stereocenters. The number of pyridine rings is 1. The number of likely N-dealkylation sites (N-methyl/N-ethyl adjacent to an activating group) is 1. The summed E-state index contributed by atoms with van der Waals surface area (Å²) in [6, 6.07) is 10.3. The fourth-order valence-corrected chi connectivity index (χ4v) is 3.45. The number of amides is 2. The molecule has 2 aromatic rings. The van der Waals surface area contributed by atoms with Crippen LogP contribution in [-0.4, -0.2) is 33.1 Å². The second kappa shape index (κ2) is 7.35. The van der Waals surface area contributed by atoms with E-state index in [9.17, 15) is 9.59 Å². The monoisotopic (exact) mass is 389 g/mol. The quantitative estimate of drug-likeness (QED) is 0.491. The maximum atomic E-state index is 12.3. The first-order valence-electron chi connectivity index (χ1n) is 7.19. The minimum absolute atomic E-state index is 0.122. The van der Waals surface area contributed by atoms with Gasteiger partial charge in [0.15, 0.2) is 5.15 Å². The van der Waals surface area contributed by atoms with Crippen molar-refractivity contribution in [1.82, 2.24) is 9.88 Å². The van der Waals surface area contributed by atoms with Crippen molar-refractivity contribution in [2.24, 2.45) is 0 Å². The molecule has 0 atom stereocenters. The third kappa shape index (κ3) is 3.89. The molecule has 1 aliphatic heterocycles. The van der Waals surface area contributed by atoms with Crippen molar-refractivity contribution in [3.8, 4) is 0 Å². The van der Waals surface area contributed by atoms with E-state index in [0.717, 1.165) is 5.56 Å². The second-order valence-corrected chi connectivity index (χ2v) is 7.19. The van der Waals surface area contributed by atoms with Crippen LogP contribution in [0.25, 0.3) is 6.08 Å². The Bertz CT molecular complexity index is 897. The number of carbonyl (C=O) groups excluding carboxylic acids is 2. The van der Waals surface area contributed by atoms with Gasteiger partial charge >= 0.3 is 0 Å². The van der Waals surface area contributed by atoms with Crippen LogP contribution in [0.4, 0.5) is 5.69 Å². The number of nitrogens with zero attached hydrogens (tertiary/aromatic N) is 2. The Morgan fingerprint density at radius 1 is 1.32 bits per heavy atom. The molecule has 0 radical (unpaired) electrons. The van der Waals surface area contributed by atoms with Crippen molar-refractivity contribution < 1.29 is 9.59 Å². The Kier molecular flexibility index (Phi) is 5.17. The third-order valence-corrected chi connectivity index (χ3v) is 5.25. The molecule has 1 fully saturated rings. The SMILES string of the molecule is CN1C(=O)/C(=C/c2ccc(C(=O)Nc3cccnc3Cl)cc2)SC1=S. The fourth-order valence-electron chi connectivity index (χ4n) is 2.10. The van der Waals surface area contributed by atoms with Gasteiger partial charge in [-0.3, -0.25) is 14.5 Å². The summed E-state index contributed by atoms with van der Waals surface area (Å²) in [5.41, 5.74) is 1.73. The van der Waals surface area contributed by atoms with Gasteiger partial charge in [-0.2, -0.15) is 0 Å². The fraction of sp³-hybridized carbons (Fsp3) is 0.0588. The first kappa shape index (κ1) is 17.6. The molecule has 0 saturated carbocycles. The Morgan fingerprint density at radius 2 is 2.04 bits per heavy atom. The predicted molar refractivity (Wildman–Crippen MR) is 105 cm³/mol. The number of benzene rings is 1. The van der Waals surface area contributed by atoms with Gasteiger partial charge in [-0.25, -0.2) is 4.98 Å². The van der Waals surface area contributed by atoms with E-state index in [4.69, 9.17) is 23.8 Å². The lowest BCUT2D eigenvalue weighted by molar-refractivity contribution is -0.121. The first-order chi connectivity index (χ1) is 12.0. The lowest BCUT2D eigenvalue weighted by atomic mass is 10.1. The average molecular weight is 390 g/mol. The van der Waals surface area contributed by atoms with Gasteiger partial charge in [0.25, 0.3) is 11.8 Å². The normalized spacial score (nSPS) is 15.8. The number of thioether (sulfide) groups is 1. The lowest BCUT2D eigenvalue weighted by Crippen LogP contribution is -2.22. The summed E-state index contributed by atoms with van der Waals surface area (Å²) in [6.07, 6.45) is 3.30. The third-order valence-electron chi connectivity index (χ3n) is 3.46. The molecule has 0 bridgehead atoms. The number of halogens is 1. The van der Waals surface area contributed by atoms with Gasteiger partial charge in [-0.1, -0.05) is 47.7 Å². The van der Waals surface area contributed by atoms with E-state index in [0.29, 0.717) is 20.5 Å². The van der Waals surface area contributed by atoms with E-state index >= 15 is 0 Å². The number of anilines is 1. The molecule has 2 amide bonds. The summed E-state index contributed by atoms with van der Waals surface area (Å²) in [4.78, 5) is 30.2. The second-order valence-electron chi connectivity index (χ2n) is 5.16. The molecule has 1 N–H and O–H groups in total. The molecule has 1 saturated heterocycles. The zero-order valence-electron chi connectivity index (χ0n) is 13.0. The molecule has 0 spiro atoms. The molecule has 8 heteroatoms. The van der Waals surface area contributed by atoms with Crippen molar-refractivity contribution in [3.05, 3.63) is 63.8 Å². The maximum Gasteiger partial charge on any atom is 0.265 e. The molecular formula is C17H12ClN3O2S2. The van der Waals surface area contributed by atoms with Crippen LogP contribution in [0.15, 0.2) is 47.5 Å². The summed E-state index contributed by atoms with van der Waals surface area (Å²) in [5.74, 6) is -0.413.